The van der Waals surface area contributed by atoms with E-state index in [4.69, 9.17) is 127 Å². The van der Waals surface area contributed by atoms with Gasteiger partial charge in [-0.1, -0.05) is 34.1 Å². The van der Waals surface area contributed by atoms with Crippen molar-refractivity contribution in [3.8, 4) is 0 Å². The van der Waals surface area contributed by atoms with E-state index >= 15 is 0 Å². The van der Waals surface area contributed by atoms with Gasteiger partial charge in [0.2, 0.25) is 0 Å². The summed E-state index contributed by atoms with van der Waals surface area (Å²) in [6, 6.07) is 0. The Morgan fingerprint density at radius 2 is 0.774 bits per heavy atom. The first-order chi connectivity index (χ1) is 47.4. The van der Waals surface area contributed by atoms with Crippen molar-refractivity contribution in [2.75, 3.05) is 27.0 Å². The maximum atomic E-state index is 12.4. The predicted octanol–water partition coefficient (Wildman–Crippen LogP) is 0.547. The number of ether oxygens (including phenoxy) is 1. The first-order valence-electron chi connectivity index (χ1n) is 28.2. The first kappa shape index (κ1) is 89.2. The van der Waals surface area contributed by atoms with E-state index in [1.54, 1.807) is 0 Å². The van der Waals surface area contributed by atoms with Crippen LogP contribution in [0.1, 0.15) is 53.4 Å². The molecular weight excluding hydrogens is 1490 g/mol. The van der Waals surface area contributed by atoms with Crippen LogP contribution in [0, 0.1) is 0 Å². The van der Waals surface area contributed by atoms with Crippen LogP contribution >= 0.6 is 180 Å². The topological polar surface area (TPSA) is 416 Å². The number of rotatable bonds is 23. The number of carbonyl (C=O) groups is 2. The molecule has 0 aliphatic carbocycles. The standard InChI is InChI=1S/C18H37O7PSi.BH4OP.18BH2OP/c1-9-10-11-24-17(20)13-16(25-27(7,8)18(2,3)4)12-15(19)14-26(21,22-5)23-6;19*2-1-3/h16H,9-14H2,1-8H3;1-2H,3H2;18*3H2/t16-;;;;;;;;;;;;;;;;;;;/m0.................../s1/i;1T,2T,3T2;7*3T2;3T;;;;;;;;;;. The van der Waals surface area contributed by atoms with Gasteiger partial charge in [0, 0.05) is 24.5 Å². The van der Waals surface area contributed by atoms with Gasteiger partial charge in [0.15, 0.2) is 9.75 Å². The molecule has 0 aromatic carbocycles. The van der Waals surface area contributed by atoms with Gasteiger partial charge in [0.1, 0.15) is 11.9 Å². The molecule has 0 bridgehead atoms. The number of hydrogen-bond acceptors (Lipinski definition) is 26. The molecule has 0 amide bonds. The normalized spacial score (nSPS) is 10.3. The fourth-order valence-electron chi connectivity index (χ4n) is 2.06. The zero-order chi connectivity index (χ0) is 87.6. The molecule has 0 aliphatic heterocycles. The molecule has 0 heterocycles. The molecule has 12 atom stereocenters. The molecule has 0 spiro atoms. The van der Waals surface area contributed by atoms with Crippen LogP contribution in [0.2, 0.25) is 18.1 Å². The van der Waals surface area contributed by atoms with Crippen LogP contribution in [0.4, 0.5) is 0 Å². The third kappa shape index (κ3) is 347. The summed E-state index contributed by atoms with van der Waals surface area (Å²) in [5.41, 5.74) is 0. The van der Waals surface area contributed by atoms with Crippen LogP contribution in [-0.4, -0.2) is 214 Å². The summed E-state index contributed by atoms with van der Waals surface area (Å²) in [5.74, 6) is -0.714. The number of carbonyl (C=O) groups excluding carboxylic acids is 2. The number of esters is 1. The van der Waals surface area contributed by atoms with Crippen LogP contribution in [0.25, 0.3) is 0 Å². The molecule has 0 rings (SSSR count). The summed E-state index contributed by atoms with van der Waals surface area (Å²) in [6.45, 7) is 22.2. The fraction of sp³-hybridized carbons (Fsp3) is 0.889. The van der Waals surface area contributed by atoms with E-state index in [-0.39, 0.29) is 44.9 Å². The summed E-state index contributed by atoms with van der Waals surface area (Å²) in [6.07, 6.45) is 0.720. The van der Waals surface area contributed by atoms with E-state index in [0.717, 1.165) is 12.8 Å². The molecule has 0 radical (unpaired) electrons. The van der Waals surface area contributed by atoms with Gasteiger partial charge in [-0.2, -0.15) is 0 Å². The van der Waals surface area contributed by atoms with Crippen molar-refractivity contribution in [3.05, 3.63) is 0 Å². The summed E-state index contributed by atoms with van der Waals surface area (Å²) in [5, 5.41) is 3.51. The van der Waals surface area contributed by atoms with Gasteiger partial charge in [-0.05, 0) is 24.6 Å². The summed E-state index contributed by atoms with van der Waals surface area (Å²) >= 11 is 0. The Bertz CT molecular complexity index is 1760. The minimum absolute atomic E-state index is 0.00771. The maximum absolute atomic E-state index is 12.4. The zero-order valence-electron chi connectivity index (χ0n) is 65.7. The predicted molar refractivity (Wildman–Crippen MR) is 418 cm³/mol. The molecule has 0 aromatic rings. The second-order valence-corrected chi connectivity index (χ2v) is 22.1. The fourth-order valence-corrected chi connectivity index (χ4v) is 4.38. The molecule has 84 heavy (non-hydrogen) atoms. The Kier molecular flexibility index (Phi) is 190. The number of Topliss-reactive ketones (excluding diaryl/α,β-unsaturated/α-hetero) is 1. The van der Waals surface area contributed by atoms with Crippen molar-refractivity contribution in [1.82, 2.24) is 0 Å². The molecule has 66 heteroatoms. The summed E-state index contributed by atoms with van der Waals surface area (Å²) in [4.78, 5) is 24.6. The van der Waals surface area contributed by atoms with Crippen LogP contribution in [-0.2, 0) is 117 Å². The molecule has 0 fully saturated rings. The van der Waals surface area contributed by atoms with E-state index in [1.165, 1.54) is 14.2 Å². The molecule has 466 valence electrons. The van der Waals surface area contributed by atoms with Crippen molar-refractivity contribution >= 4 is 331 Å². The van der Waals surface area contributed by atoms with Crippen LogP contribution in [0.5, 0.6) is 0 Å². The average Bonchev–Trinajstić information content (AvgIpc) is 0.830. The third-order valence-corrected chi connectivity index (χ3v) is 11.2. The van der Waals surface area contributed by atoms with Gasteiger partial charge in [0.05, 0.1) is 19.1 Å². The Morgan fingerprint density at radius 1 is 0.536 bits per heavy atom. The monoisotopic (exact) mass is 1600 g/mol. The SMILES string of the molecule is CCCCOC(=O)C[C@H](CC(=O)CP(=O)(OC)OC)O[Si](C)(C)C(C)(C)C.O=BP.O=BP.O=BP.O=BP.O=BP.O=BP.O=BP.O=BP.O=BP.O=BP.[3H]OB([3H])P([3H])[3H].[3H]P([3H])B=O.[3H]P([3H])B=O.[3H]P([3H])B=O.[3H]P([3H])B=O.[3H]P([3H])B=O.[3H]P([3H])B=O.[3H]P([3H])B=O.[3H]PB=O. The van der Waals surface area contributed by atoms with Gasteiger partial charge >= 0.3 is 404 Å². The summed E-state index contributed by atoms with van der Waals surface area (Å²) in [7, 11) is -0.113. The molecular formula is C18H77B19O26P20Si. The first-order valence-corrected chi connectivity index (χ1v) is 35.5. The molecule has 0 saturated carbocycles. The quantitative estimate of drug-likeness (QED) is 0.0631. The van der Waals surface area contributed by atoms with Crippen molar-refractivity contribution in [3.63, 3.8) is 0 Å². The van der Waals surface area contributed by atoms with Gasteiger partial charge in [-0.25, -0.2) is 0 Å². The van der Waals surface area contributed by atoms with Crippen LogP contribution in [0.15, 0.2) is 0 Å². The van der Waals surface area contributed by atoms with Crippen LogP contribution in [0.3, 0.4) is 0 Å². The van der Waals surface area contributed by atoms with Gasteiger partial charge in [-0.15, -0.1) is 9.01 Å². The Hall–Kier alpha value is 5.23. The zero-order valence-corrected chi connectivity index (χ0v) is 68.3. The number of unbranched alkanes of at least 4 members (excludes halogenated alkanes) is 1. The minimum atomic E-state index is -3.44. The summed E-state index contributed by atoms with van der Waals surface area (Å²) < 4.78 is 312. The Balaban J connectivity index is -0.0000000425. The van der Waals surface area contributed by atoms with E-state index in [0.29, 0.717) is 130 Å². The second kappa shape index (κ2) is 179. The molecule has 26 nitrogen and oxygen atoms in total. The van der Waals surface area contributed by atoms with Gasteiger partial charge < -0.3 is 23.2 Å². The van der Waals surface area contributed by atoms with Crippen molar-refractivity contribution < 1.29 is 122 Å². The van der Waals surface area contributed by atoms with Crippen molar-refractivity contribution in [2.24, 2.45) is 0 Å². The average molecular weight is 1600 g/mol. The van der Waals surface area contributed by atoms with Crippen LogP contribution < -0.4 is 0 Å². The van der Waals surface area contributed by atoms with Crippen molar-refractivity contribution in [2.45, 2.75) is 77.6 Å². The van der Waals surface area contributed by atoms with E-state index in [1.807, 2.05) is 98.1 Å². The Morgan fingerprint density at radius 3 is 0.917 bits per heavy atom. The van der Waals surface area contributed by atoms with E-state index < -0.39 is 101 Å². The molecule has 11 unspecified atom stereocenters. The van der Waals surface area contributed by atoms with Gasteiger partial charge in [0.25, 0.3) is 7.17 Å². The number of hydrogen-bond donors (Lipinski definition) is 1. The third-order valence-electron chi connectivity index (χ3n) is 4.80. The van der Waals surface area contributed by atoms with E-state index in [2.05, 4.69) is 38.9 Å². The number of ketones is 1. The second-order valence-electron chi connectivity index (χ2n) is 10.5. The van der Waals surface area contributed by atoms with Crippen molar-refractivity contribution in [1.29, 1.82) is 24.5 Å². The molecule has 0 aliphatic rings. The molecule has 0 saturated heterocycles. The Labute approximate surface area is 579 Å². The molecule has 1 N–H and O–H groups in total. The van der Waals surface area contributed by atoms with E-state index in [9.17, 15) is 14.2 Å². The van der Waals surface area contributed by atoms with Gasteiger partial charge in [-0.3, -0.25) is 14.2 Å². The molecule has 0 aromatic heterocycles.